The Bertz CT molecular complexity index is 189. The van der Waals surface area contributed by atoms with Gasteiger partial charge in [-0.2, -0.15) is 0 Å². The van der Waals surface area contributed by atoms with Crippen LogP contribution in [0.1, 0.15) is 13.8 Å². The third-order valence-electron chi connectivity index (χ3n) is 3.23. The van der Waals surface area contributed by atoms with Gasteiger partial charge in [-0.15, -0.1) is 0 Å². The molecule has 0 unspecified atom stereocenters. The van der Waals surface area contributed by atoms with Crippen LogP contribution >= 0.6 is 0 Å². The minimum atomic E-state index is 0.00210. The van der Waals surface area contributed by atoms with Crippen molar-refractivity contribution in [1.29, 1.82) is 0 Å². The summed E-state index contributed by atoms with van der Waals surface area (Å²) in [7, 11) is 2.18. The van der Waals surface area contributed by atoms with Crippen molar-refractivity contribution >= 4 is 0 Å². The molecule has 4 nitrogen and oxygen atoms in total. The Morgan fingerprint density at radius 3 is 2.38 bits per heavy atom. The van der Waals surface area contributed by atoms with Gasteiger partial charge in [0.25, 0.3) is 0 Å². The van der Waals surface area contributed by atoms with Gasteiger partial charge in [0.1, 0.15) is 0 Å². The molecule has 1 aliphatic heterocycles. The molecule has 4 heteroatoms. The zero-order chi connectivity index (χ0) is 12.0. The second-order valence-electron chi connectivity index (χ2n) is 5.64. The maximum Gasteiger partial charge on any atom is 0.0494 e. The summed E-state index contributed by atoms with van der Waals surface area (Å²) in [5.74, 6) is 0. The molecule has 0 spiro atoms. The van der Waals surface area contributed by atoms with Crippen LogP contribution in [-0.2, 0) is 0 Å². The van der Waals surface area contributed by atoms with Crippen molar-refractivity contribution in [3.63, 3.8) is 0 Å². The maximum atomic E-state index is 9.12. The summed E-state index contributed by atoms with van der Waals surface area (Å²) in [6, 6.07) is 0. The van der Waals surface area contributed by atoms with E-state index in [4.69, 9.17) is 5.11 Å². The highest BCUT2D eigenvalue weighted by molar-refractivity contribution is 4.72. The second-order valence-corrected chi connectivity index (χ2v) is 5.64. The summed E-state index contributed by atoms with van der Waals surface area (Å²) in [5.41, 5.74) is 0.00210. The Hall–Kier alpha value is -0.160. The number of rotatable bonds is 6. The van der Waals surface area contributed by atoms with Crippen molar-refractivity contribution in [2.75, 3.05) is 59.5 Å². The molecule has 1 rings (SSSR count). The monoisotopic (exact) mass is 229 g/mol. The van der Waals surface area contributed by atoms with Gasteiger partial charge in [0.05, 0.1) is 0 Å². The van der Waals surface area contributed by atoms with Gasteiger partial charge in [-0.3, -0.25) is 4.90 Å². The third-order valence-corrected chi connectivity index (χ3v) is 3.23. The van der Waals surface area contributed by atoms with E-state index in [0.717, 1.165) is 19.6 Å². The lowest BCUT2D eigenvalue weighted by Gasteiger charge is -2.32. The summed E-state index contributed by atoms with van der Waals surface area (Å²) in [6.07, 6.45) is 0. The van der Waals surface area contributed by atoms with Gasteiger partial charge >= 0.3 is 0 Å². The number of hydrogen-bond donors (Lipinski definition) is 2. The van der Waals surface area contributed by atoms with Gasteiger partial charge < -0.3 is 15.3 Å². The molecule has 16 heavy (non-hydrogen) atoms. The van der Waals surface area contributed by atoms with E-state index in [9.17, 15) is 0 Å². The molecule has 1 fully saturated rings. The lowest BCUT2D eigenvalue weighted by molar-refractivity contribution is 0.142. The van der Waals surface area contributed by atoms with Crippen molar-refractivity contribution in [3.8, 4) is 0 Å². The molecule has 0 atom stereocenters. The molecular weight excluding hydrogens is 202 g/mol. The van der Waals surface area contributed by atoms with Gasteiger partial charge in [-0.1, -0.05) is 13.8 Å². The molecule has 0 saturated carbocycles. The first-order chi connectivity index (χ1) is 7.53. The second kappa shape index (κ2) is 6.55. The number of hydrogen-bond acceptors (Lipinski definition) is 4. The van der Waals surface area contributed by atoms with Crippen molar-refractivity contribution in [3.05, 3.63) is 0 Å². The number of aliphatic hydroxyl groups excluding tert-OH is 1. The van der Waals surface area contributed by atoms with Gasteiger partial charge in [0.15, 0.2) is 0 Å². The van der Waals surface area contributed by atoms with E-state index < -0.39 is 0 Å². The first-order valence-electron chi connectivity index (χ1n) is 6.26. The minimum absolute atomic E-state index is 0.00210. The Kier molecular flexibility index (Phi) is 5.69. The SMILES string of the molecule is CN1CCN(CCNCC(C)(C)CO)CC1. The van der Waals surface area contributed by atoms with Crippen molar-refractivity contribution in [2.45, 2.75) is 13.8 Å². The number of nitrogens with one attached hydrogen (secondary N) is 1. The summed E-state index contributed by atoms with van der Waals surface area (Å²) < 4.78 is 0. The van der Waals surface area contributed by atoms with Crippen LogP contribution in [0.4, 0.5) is 0 Å². The molecule has 1 heterocycles. The molecule has 1 saturated heterocycles. The molecule has 0 aromatic rings. The molecule has 0 aliphatic carbocycles. The van der Waals surface area contributed by atoms with Crippen molar-refractivity contribution in [2.24, 2.45) is 5.41 Å². The lowest BCUT2D eigenvalue weighted by atomic mass is 9.95. The van der Waals surface area contributed by atoms with E-state index in [1.165, 1.54) is 26.2 Å². The molecule has 0 radical (unpaired) electrons. The molecule has 96 valence electrons. The van der Waals surface area contributed by atoms with Crippen LogP contribution < -0.4 is 5.32 Å². The van der Waals surface area contributed by atoms with E-state index >= 15 is 0 Å². The first-order valence-corrected chi connectivity index (χ1v) is 6.26. The van der Waals surface area contributed by atoms with Crippen molar-refractivity contribution < 1.29 is 5.11 Å². The van der Waals surface area contributed by atoms with E-state index in [-0.39, 0.29) is 12.0 Å². The first kappa shape index (κ1) is 13.9. The topological polar surface area (TPSA) is 38.7 Å². The molecule has 0 aromatic heterocycles. The van der Waals surface area contributed by atoms with Crippen LogP contribution in [0.25, 0.3) is 0 Å². The predicted octanol–water partition coefficient (Wildman–Crippen LogP) is -0.158. The molecule has 1 aliphatic rings. The fourth-order valence-electron chi connectivity index (χ4n) is 1.79. The van der Waals surface area contributed by atoms with Crippen LogP contribution in [0.15, 0.2) is 0 Å². The normalized spacial score (nSPS) is 20.2. The fraction of sp³-hybridized carbons (Fsp3) is 1.00. The highest BCUT2D eigenvalue weighted by Crippen LogP contribution is 2.10. The fourth-order valence-corrected chi connectivity index (χ4v) is 1.79. The van der Waals surface area contributed by atoms with Crippen LogP contribution in [0.2, 0.25) is 0 Å². The average Bonchev–Trinajstić information content (AvgIpc) is 2.27. The molecule has 0 amide bonds. The summed E-state index contributed by atoms with van der Waals surface area (Å²) in [4.78, 5) is 4.87. The molecule has 0 bridgehead atoms. The van der Waals surface area contributed by atoms with Gasteiger partial charge in [-0.05, 0) is 7.05 Å². The van der Waals surface area contributed by atoms with Gasteiger partial charge in [0, 0.05) is 57.8 Å². The number of piperazine rings is 1. The highest BCUT2D eigenvalue weighted by Gasteiger charge is 2.16. The number of likely N-dealkylation sites (N-methyl/N-ethyl adjacent to an activating group) is 1. The zero-order valence-corrected chi connectivity index (χ0v) is 11.0. The van der Waals surface area contributed by atoms with E-state index in [0.29, 0.717) is 0 Å². The van der Waals surface area contributed by atoms with Gasteiger partial charge in [-0.25, -0.2) is 0 Å². The average molecular weight is 229 g/mol. The van der Waals surface area contributed by atoms with Crippen LogP contribution in [-0.4, -0.2) is 74.4 Å². The summed E-state index contributed by atoms with van der Waals surface area (Å²) in [6.45, 7) is 12.2. The summed E-state index contributed by atoms with van der Waals surface area (Å²) >= 11 is 0. The molecule has 2 N–H and O–H groups in total. The van der Waals surface area contributed by atoms with Crippen LogP contribution in [0.5, 0.6) is 0 Å². The Morgan fingerprint density at radius 1 is 1.19 bits per heavy atom. The van der Waals surface area contributed by atoms with Crippen molar-refractivity contribution in [1.82, 2.24) is 15.1 Å². The van der Waals surface area contributed by atoms with E-state index in [2.05, 4.69) is 36.0 Å². The quantitative estimate of drug-likeness (QED) is 0.621. The predicted molar refractivity (Wildman–Crippen MR) is 67.7 cm³/mol. The third kappa shape index (κ3) is 5.25. The van der Waals surface area contributed by atoms with E-state index in [1.54, 1.807) is 0 Å². The van der Waals surface area contributed by atoms with Crippen LogP contribution in [0, 0.1) is 5.41 Å². The zero-order valence-electron chi connectivity index (χ0n) is 11.0. The standard InChI is InChI=1S/C12H27N3O/c1-12(2,11-16)10-13-4-5-15-8-6-14(3)7-9-15/h13,16H,4-11H2,1-3H3. The summed E-state index contributed by atoms with van der Waals surface area (Å²) in [5, 5.41) is 12.5. The Balaban J connectivity index is 2.03. The van der Waals surface area contributed by atoms with E-state index in [1.807, 2.05) is 0 Å². The number of nitrogens with zero attached hydrogens (tertiary/aromatic N) is 2. The lowest BCUT2D eigenvalue weighted by Crippen LogP contribution is -2.47. The Labute approximate surface area is 99.6 Å². The Morgan fingerprint density at radius 2 is 1.81 bits per heavy atom. The largest absolute Gasteiger partial charge is 0.396 e. The minimum Gasteiger partial charge on any atom is -0.396 e. The van der Waals surface area contributed by atoms with Crippen LogP contribution in [0.3, 0.4) is 0 Å². The highest BCUT2D eigenvalue weighted by atomic mass is 16.3. The molecular formula is C12H27N3O. The number of aliphatic hydroxyl groups is 1. The smallest absolute Gasteiger partial charge is 0.0494 e. The maximum absolute atomic E-state index is 9.12. The van der Waals surface area contributed by atoms with Gasteiger partial charge in [0.2, 0.25) is 0 Å². The molecule has 0 aromatic carbocycles.